The standard InChI is InChI=1S/C19H19F3N2O3/c20-19(21,22)15-8-6-14(7-9-15)10-11-23-17(25)12-24-18(26)13-27-16-4-2-1-3-5-16/h1-9H,10-13H2,(H,23,25)(H,24,26). The Balaban J connectivity index is 1.62. The van der Waals surface area contributed by atoms with Gasteiger partial charge in [0.15, 0.2) is 6.61 Å². The number of rotatable bonds is 8. The smallest absolute Gasteiger partial charge is 0.416 e. The molecule has 0 heterocycles. The maximum atomic E-state index is 12.5. The molecular weight excluding hydrogens is 361 g/mol. The van der Waals surface area contributed by atoms with Crippen LogP contribution in [0.5, 0.6) is 5.75 Å². The summed E-state index contributed by atoms with van der Waals surface area (Å²) in [5.74, 6) is -0.277. The summed E-state index contributed by atoms with van der Waals surface area (Å²) in [5.41, 5.74) is -0.0423. The molecule has 8 heteroatoms. The van der Waals surface area contributed by atoms with Gasteiger partial charge < -0.3 is 15.4 Å². The average molecular weight is 380 g/mol. The van der Waals surface area contributed by atoms with Crippen LogP contribution in [0.4, 0.5) is 13.2 Å². The number of carbonyl (C=O) groups is 2. The number of amides is 2. The van der Waals surface area contributed by atoms with E-state index in [1.807, 2.05) is 6.07 Å². The zero-order valence-electron chi connectivity index (χ0n) is 14.4. The van der Waals surface area contributed by atoms with Gasteiger partial charge in [0.25, 0.3) is 5.91 Å². The topological polar surface area (TPSA) is 67.4 Å². The van der Waals surface area contributed by atoms with Gasteiger partial charge in [0.05, 0.1) is 12.1 Å². The second-order valence-corrected chi connectivity index (χ2v) is 5.67. The van der Waals surface area contributed by atoms with E-state index in [4.69, 9.17) is 4.74 Å². The first-order valence-corrected chi connectivity index (χ1v) is 8.22. The third-order valence-corrected chi connectivity index (χ3v) is 3.58. The number of benzene rings is 2. The Kier molecular flexibility index (Phi) is 7.22. The molecule has 2 amide bonds. The molecule has 0 saturated carbocycles. The van der Waals surface area contributed by atoms with Gasteiger partial charge in [-0.3, -0.25) is 9.59 Å². The highest BCUT2D eigenvalue weighted by Crippen LogP contribution is 2.29. The number of nitrogens with one attached hydrogen (secondary N) is 2. The van der Waals surface area contributed by atoms with Gasteiger partial charge in [-0.1, -0.05) is 30.3 Å². The van der Waals surface area contributed by atoms with Crippen LogP contribution in [0.2, 0.25) is 0 Å². The number of alkyl halides is 3. The van der Waals surface area contributed by atoms with Crippen LogP contribution in [0, 0.1) is 0 Å². The van der Waals surface area contributed by atoms with Crippen molar-refractivity contribution in [1.82, 2.24) is 10.6 Å². The molecule has 0 fully saturated rings. The molecule has 2 aromatic rings. The fourth-order valence-corrected chi connectivity index (χ4v) is 2.16. The molecule has 144 valence electrons. The average Bonchev–Trinajstić information content (AvgIpc) is 2.65. The number of halogens is 3. The summed E-state index contributed by atoms with van der Waals surface area (Å²) in [6.45, 7) is -0.159. The van der Waals surface area contributed by atoms with E-state index in [2.05, 4.69) is 10.6 Å². The van der Waals surface area contributed by atoms with Gasteiger partial charge in [-0.05, 0) is 36.2 Å². The summed E-state index contributed by atoms with van der Waals surface area (Å²) in [5, 5.41) is 5.01. The molecule has 0 unspecified atom stereocenters. The van der Waals surface area contributed by atoms with Crippen molar-refractivity contribution >= 4 is 11.8 Å². The van der Waals surface area contributed by atoms with Gasteiger partial charge in [-0.25, -0.2) is 0 Å². The molecule has 27 heavy (non-hydrogen) atoms. The predicted octanol–water partition coefficient (Wildman–Crippen LogP) is 2.56. The lowest BCUT2D eigenvalue weighted by atomic mass is 10.1. The van der Waals surface area contributed by atoms with Crippen molar-refractivity contribution in [3.63, 3.8) is 0 Å². The normalized spacial score (nSPS) is 10.9. The van der Waals surface area contributed by atoms with Crippen molar-refractivity contribution < 1.29 is 27.5 Å². The third-order valence-electron chi connectivity index (χ3n) is 3.58. The molecule has 2 N–H and O–H groups in total. The van der Waals surface area contributed by atoms with Gasteiger partial charge >= 0.3 is 6.18 Å². The Hall–Kier alpha value is -3.03. The molecule has 2 rings (SSSR count). The molecule has 0 aliphatic rings. The van der Waals surface area contributed by atoms with Crippen molar-refractivity contribution in [2.75, 3.05) is 19.7 Å². The number of ether oxygens (including phenoxy) is 1. The number of hydrogen-bond acceptors (Lipinski definition) is 3. The maximum absolute atomic E-state index is 12.5. The summed E-state index contributed by atoms with van der Waals surface area (Å²) in [6, 6.07) is 13.5. The Labute approximate surface area is 154 Å². The van der Waals surface area contributed by atoms with E-state index in [0.717, 1.165) is 12.1 Å². The van der Waals surface area contributed by atoms with E-state index in [9.17, 15) is 22.8 Å². The minimum absolute atomic E-state index is 0.204. The van der Waals surface area contributed by atoms with Crippen molar-refractivity contribution in [2.45, 2.75) is 12.6 Å². The molecule has 0 spiro atoms. The summed E-state index contributed by atoms with van der Waals surface area (Å²) in [7, 11) is 0. The highest BCUT2D eigenvalue weighted by atomic mass is 19.4. The van der Waals surface area contributed by atoms with E-state index < -0.39 is 23.6 Å². The van der Waals surface area contributed by atoms with Crippen LogP contribution in [0.15, 0.2) is 54.6 Å². The molecule has 5 nitrogen and oxygen atoms in total. The largest absolute Gasteiger partial charge is 0.484 e. The molecule has 2 aromatic carbocycles. The SMILES string of the molecule is O=C(CNC(=O)COc1ccccc1)NCCc1ccc(C(F)(F)F)cc1. The van der Waals surface area contributed by atoms with Crippen LogP contribution < -0.4 is 15.4 Å². The fourth-order valence-electron chi connectivity index (χ4n) is 2.16. The summed E-state index contributed by atoms with van der Waals surface area (Å²) >= 11 is 0. The lowest BCUT2D eigenvalue weighted by molar-refractivity contribution is -0.137. The zero-order valence-corrected chi connectivity index (χ0v) is 14.4. The molecule has 0 bridgehead atoms. The molecule has 0 radical (unpaired) electrons. The fraction of sp³-hybridized carbons (Fsp3) is 0.263. The lowest BCUT2D eigenvalue weighted by Gasteiger charge is -2.09. The third kappa shape index (κ3) is 7.39. The van der Waals surface area contributed by atoms with E-state index >= 15 is 0 Å². The van der Waals surface area contributed by atoms with Crippen molar-refractivity contribution in [1.29, 1.82) is 0 Å². The lowest BCUT2D eigenvalue weighted by Crippen LogP contribution is -2.39. The Morgan fingerprint density at radius 2 is 1.56 bits per heavy atom. The summed E-state index contributed by atoms with van der Waals surface area (Å²) in [4.78, 5) is 23.3. The van der Waals surface area contributed by atoms with E-state index in [0.29, 0.717) is 17.7 Å². The second kappa shape index (κ2) is 9.61. The van der Waals surface area contributed by atoms with Crippen molar-refractivity contribution in [3.8, 4) is 5.75 Å². The van der Waals surface area contributed by atoms with Crippen LogP contribution >= 0.6 is 0 Å². The highest BCUT2D eigenvalue weighted by molar-refractivity contribution is 5.85. The predicted molar refractivity (Wildman–Crippen MR) is 93.1 cm³/mol. The van der Waals surface area contributed by atoms with E-state index in [1.54, 1.807) is 24.3 Å². The van der Waals surface area contributed by atoms with Gasteiger partial charge in [-0.2, -0.15) is 13.2 Å². The van der Waals surface area contributed by atoms with Crippen LogP contribution in [0.1, 0.15) is 11.1 Å². The number of carbonyl (C=O) groups excluding carboxylic acids is 2. The molecule has 0 aliphatic heterocycles. The van der Waals surface area contributed by atoms with Gasteiger partial charge in [0.2, 0.25) is 5.91 Å². The van der Waals surface area contributed by atoms with Crippen LogP contribution in [0.25, 0.3) is 0 Å². The Morgan fingerprint density at radius 3 is 2.19 bits per heavy atom. The van der Waals surface area contributed by atoms with Gasteiger partial charge in [0.1, 0.15) is 5.75 Å². The molecule has 0 saturated heterocycles. The first kappa shape index (κ1) is 20.3. The maximum Gasteiger partial charge on any atom is 0.416 e. The van der Waals surface area contributed by atoms with Crippen LogP contribution in [0.3, 0.4) is 0 Å². The van der Waals surface area contributed by atoms with Crippen LogP contribution in [-0.4, -0.2) is 31.5 Å². The van der Waals surface area contributed by atoms with Gasteiger partial charge in [-0.15, -0.1) is 0 Å². The molecule has 0 aliphatic carbocycles. The zero-order chi connectivity index (χ0) is 19.7. The van der Waals surface area contributed by atoms with Crippen molar-refractivity contribution in [3.05, 3.63) is 65.7 Å². The number of hydrogen-bond donors (Lipinski definition) is 2. The quantitative estimate of drug-likeness (QED) is 0.740. The Morgan fingerprint density at radius 1 is 0.889 bits per heavy atom. The second-order valence-electron chi connectivity index (χ2n) is 5.67. The minimum Gasteiger partial charge on any atom is -0.484 e. The van der Waals surface area contributed by atoms with E-state index in [-0.39, 0.29) is 19.7 Å². The highest BCUT2D eigenvalue weighted by Gasteiger charge is 2.29. The monoisotopic (exact) mass is 380 g/mol. The Bertz CT molecular complexity index is 747. The van der Waals surface area contributed by atoms with Gasteiger partial charge in [0, 0.05) is 6.54 Å². The molecule has 0 aromatic heterocycles. The number of para-hydroxylation sites is 1. The first-order valence-electron chi connectivity index (χ1n) is 8.22. The van der Waals surface area contributed by atoms with Crippen LogP contribution in [-0.2, 0) is 22.2 Å². The van der Waals surface area contributed by atoms with E-state index in [1.165, 1.54) is 12.1 Å². The molecule has 0 atom stereocenters. The minimum atomic E-state index is -4.37. The summed E-state index contributed by atoms with van der Waals surface area (Å²) in [6.07, 6.45) is -3.98. The first-order chi connectivity index (χ1) is 12.8. The summed E-state index contributed by atoms with van der Waals surface area (Å²) < 4.78 is 42.7. The molecular formula is C19H19F3N2O3. The van der Waals surface area contributed by atoms with Crippen molar-refractivity contribution in [2.24, 2.45) is 0 Å².